The first-order chi connectivity index (χ1) is 19.6. The van der Waals surface area contributed by atoms with E-state index >= 15 is 0 Å². The standard InChI is InChI=1S/C29H33Cl2IN2O7/c1-3-4-5-26(37)34(15-18-6-7-20(30)14-21(18)31)23-12-19(29(39)33-8-9-35)13-24(27(23)38)41-28-22(32)10-17(16-36)11-25(28)40-2/h6-7,10-11,13-14,16,23-24,27,35,38H,3-5,8-9,12,15H2,1-2H3,(H,33,39). The lowest BCUT2D eigenvalue weighted by Gasteiger charge is -2.41. The quantitative estimate of drug-likeness (QED) is 0.205. The van der Waals surface area contributed by atoms with Crippen LogP contribution in [0.2, 0.25) is 10.0 Å². The van der Waals surface area contributed by atoms with Crippen molar-refractivity contribution in [2.45, 2.75) is 57.4 Å². The maximum absolute atomic E-state index is 13.6. The Labute approximate surface area is 262 Å². The van der Waals surface area contributed by atoms with Crippen LogP contribution in [0, 0.1) is 3.57 Å². The van der Waals surface area contributed by atoms with E-state index in [4.69, 9.17) is 32.7 Å². The molecule has 1 aliphatic rings. The van der Waals surface area contributed by atoms with E-state index in [0.29, 0.717) is 37.4 Å². The first-order valence-corrected chi connectivity index (χ1v) is 15.0. The summed E-state index contributed by atoms with van der Waals surface area (Å²) >= 11 is 14.5. The normalized spacial score (nSPS) is 18.3. The molecule has 0 aromatic heterocycles. The van der Waals surface area contributed by atoms with Crippen molar-refractivity contribution in [1.82, 2.24) is 10.2 Å². The van der Waals surface area contributed by atoms with Crippen LogP contribution < -0.4 is 14.8 Å². The molecule has 41 heavy (non-hydrogen) atoms. The van der Waals surface area contributed by atoms with Crippen LogP contribution in [0.4, 0.5) is 0 Å². The van der Waals surface area contributed by atoms with Gasteiger partial charge >= 0.3 is 0 Å². The van der Waals surface area contributed by atoms with Crippen LogP contribution in [0.1, 0.15) is 48.5 Å². The van der Waals surface area contributed by atoms with Gasteiger partial charge in [0.2, 0.25) is 11.8 Å². The molecule has 3 atom stereocenters. The summed E-state index contributed by atoms with van der Waals surface area (Å²) in [6.07, 6.45) is 1.62. The van der Waals surface area contributed by atoms with E-state index < -0.39 is 24.2 Å². The number of aliphatic hydroxyl groups is 2. The Bertz CT molecular complexity index is 1290. The molecule has 3 N–H and O–H groups in total. The number of methoxy groups -OCH3 is 1. The van der Waals surface area contributed by atoms with Crippen molar-refractivity contribution >= 4 is 63.9 Å². The number of nitrogens with zero attached hydrogens (tertiary/aromatic N) is 1. The van der Waals surface area contributed by atoms with E-state index in [1.807, 2.05) is 29.5 Å². The maximum Gasteiger partial charge on any atom is 0.247 e. The molecule has 0 fully saturated rings. The van der Waals surface area contributed by atoms with Crippen molar-refractivity contribution in [2.75, 3.05) is 20.3 Å². The molecule has 222 valence electrons. The second kappa shape index (κ2) is 15.7. The lowest BCUT2D eigenvalue weighted by Crippen LogP contribution is -2.54. The monoisotopic (exact) mass is 718 g/mol. The highest BCUT2D eigenvalue weighted by Gasteiger charge is 2.41. The molecule has 0 saturated heterocycles. The average molecular weight is 719 g/mol. The molecule has 2 aromatic carbocycles. The molecule has 2 amide bonds. The molecule has 1 aliphatic carbocycles. The summed E-state index contributed by atoms with van der Waals surface area (Å²) < 4.78 is 12.3. The number of ether oxygens (including phenoxy) is 2. The Balaban J connectivity index is 2.06. The van der Waals surface area contributed by atoms with Gasteiger partial charge in [-0.1, -0.05) is 42.6 Å². The Morgan fingerprint density at radius 1 is 1.24 bits per heavy atom. The van der Waals surface area contributed by atoms with Crippen LogP contribution in [0.5, 0.6) is 11.5 Å². The van der Waals surface area contributed by atoms with Crippen molar-refractivity contribution in [3.05, 3.63) is 66.7 Å². The number of carbonyl (C=O) groups is 3. The molecule has 3 rings (SSSR count). The van der Waals surface area contributed by atoms with Gasteiger partial charge in [0.25, 0.3) is 0 Å². The summed E-state index contributed by atoms with van der Waals surface area (Å²) in [4.78, 5) is 39.5. The lowest BCUT2D eigenvalue weighted by molar-refractivity contribution is -0.139. The number of hydrogen-bond acceptors (Lipinski definition) is 7. The molecule has 9 nitrogen and oxygen atoms in total. The molecule has 0 saturated carbocycles. The summed E-state index contributed by atoms with van der Waals surface area (Å²) in [6, 6.07) is 7.25. The van der Waals surface area contributed by atoms with Crippen LogP contribution in [-0.4, -0.2) is 71.7 Å². The second-order valence-electron chi connectivity index (χ2n) is 9.53. The highest BCUT2D eigenvalue weighted by molar-refractivity contribution is 14.1. The Morgan fingerprint density at radius 2 is 2.00 bits per heavy atom. The molecule has 0 bridgehead atoms. The number of amides is 2. The molecule has 2 aromatic rings. The van der Waals surface area contributed by atoms with Crippen LogP contribution in [-0.2, 0) is 16.1 Å². The van der Waals surface area contributed by atoms with E-state index in [0.717, 1.165) is 6.42 Å². The summed E-state index contributed by atoms with van der Waals surface area (Å²) in [5, 5.41) is 24.4. The molecule has 0 radical (unpaired) electrons. The molecular weight excluding hydrogens is 686 g/mol. The fourth-order valence-electron chi connectivity index (χ4n) is 4.53. The van der Waals surface area contributed by atoms with Crippen molar-refractivity contribution in [3.63, 3.8) is 0 Å². The van der Waals surface area contributed by atoms with Gasteiger partial charge in [0.15, 0.2) is 11.5 Å². The third kappa shape index (κ3) is 8.57. The number of rotatable bonds is 13. The zero-order valence-electron chi connectivity index (χ0n) is 22.7. The number of aliphatic hydroxyl groups excluding tert-OH is 2. The predicted molar refractivity (Wildman–Crippen MR) is 165 cm³/mol. The van der Waals surface area contributed by atoms with Crippen LogP contribution in [0.15, 0.2) is 42.0 Å². The summed E-state index contributed by atoms with van der Waals surface area (Å²) in [5.41, 5.74) is 1.30. The number of aldehydes is 1. The molecule has 0 heterocycles. The molecule has 3 unspecified atom stereocenters. The molecule has 0 spiro atoms. The van der Waals surface area contributed by atoms with Gasteiger partial charge in [-0.3, -0.25) is 14.4 Å². The van der Waals surface area contributed by atoms with Crippen molar-refractivity contribution in [3.8, 4) is 11.5 Å². The lowest BCUT2D eigenvalue weighted by atomic mass is 9.87. The van der Waals surface area contributed by atoms with Crippen LogP contribution >= 0.6 is 45.8 Å². The number of benzene rings is 2. The van der Waals surface area contributed by atoms with E-state index in [2.05, 4.69) is 5.32 Å². The molecule has 12 heteroatoms. The smallest absolute Gasteiger partial charge is 0.247 e. The van der Waals surface area contributed by atoms with Crippen molar-refractivity contribution in [1.29, 1.82) is 0 Å². The Kier molecular flexibility index (Phi) is 12.7. The van der Waals surface area contributed by atoms with E-state index in [9.17, 15) is 24.6 Å². The van der Waals surface area contributed by atoms with Crippen LogP contribution in [0.3, 0.4) is 0 Å². The van der Waals surface area contributed by atoms with Gasteiger partial charge in [0, 0.05) is 47.1 Å². The minimum absolute atomic E-state index is 0.0350. The minimum atomic E-state index is -1.24. The number of halogens is 3. The SMILES string of the molecule is CCCCC(=O)N(Cc1ccc(Cl)cc1Cl)C1CC(C(=O)NCCO)=CC(Oc2c(I)cc(C=O)cc2OC)C1O. The highest BCUT2D eigenvalue weighted by atomic mass is 127. The minimum Gasteiger partial charge on any atom is -0.493 e. The van der Waals surface area contributed by atoms with Crippen molar-refractivity contribution < 1.29 is 34.1 Å². The third-order valence-electron chi connectivity index (χ3n) is 6.68. The highest BCUT2D eigenvalue weighted by Crippen LogP contribution is 2.37. The number of carbonyl (C=O) groups excluding carboxylic acids is 3. The van der Waals surface area contributed by atoms with Gasteiger partial charge in [-0.2, -0.15) is 0 Å². The van der Waals surface area contributed by atoms with E-state index in [1.165, 1.54) is 24.2 Å². The van der Waals surface area contributed by atoms with Crippen LogP contribution in [0.25, 0.3) is 0 Å². The van der Waals surface area contributed by atoms with E-state index in [-0.39, 0.29) is 55.5 Å². The second-order valence-corrected chi connectivity index (χ2v) is 11.5. The fraction of sp³-hybridized carbons (Fsp3) is 0.414. The summed E-state index contributed by atoms with van der Waals surface area (Å²) in [5.74, 6) is -0.107. The molecular formula is C29H33Cl2IN2O7. The number of nitrogens with one attached hydrogen (secondary N) is 1. The van der Waals surface area contributed by atoms with Gasteiger partial charge in [0.05, 0.1) is 23.3 Å². The van der Waals surface area contributed by atoms with Gasteiger partial charge in [-0.15, -0.1) is 0 Å². The number of unbranched alkanes of at least 4 members (excludes halogenated alkanes) is 1. The van der Waals surface area contributed by atoms with Gasteiger partial charge in [-0.25, -0.2) is 0 Å². The van der Waals surface area contributed by atoms with Crippen molar-refractivity contribution in [2.24, 2.45) is 0 Å². The maximum atomic E-state index is 13.6. The number of hydrogen-bond donors (Lipinski definition) is 3. The van der Waals surface area contributed by atoms with Gasteiger partial charge in [-0.05, 0) is 64.9 Å². The predicted octanol–water partition coefficient (Wildman–Crippen LogP) is 4.55. The molecule has 0 aliphatic heterocycles. The zero-order valence-corrected chi connectivity index (χ0v) is 26.4. The van der Waals surface area contributed by atoms with Gasteiger partial charge in [0.1, 0.15) is 18.5 Å². The third-order valence-corrected chi connectivity index (χ3v) is 8.07. The van der Waals surface area contributed by atoms with E-state index in [1.54, 1.807) is 24.3 Å². The summed E-state index contributed by atoms with van der Waals surface area (Å²) in [7, 11) is 1.43. The topological polar surface area (TPSA) is 125 Å². The first-order valence-electron chi connectivity index (χ1n) is 13.1. The fourth-order valence-corrected chi connectivity index (χ4v) is 5.75. The largest absolute Gasteiger partial charge is 0.493 e. The summed E-state index contributed by atoms with van der Waals surface area (Å²) in [6.45, 7) is 1.84. The Hall–Kier alpha value is -2.38. The van der Waals surface area contributed by atoms with Gasteiger partial charge < -0.3 is 29.9 Å². The first kappa shape index (κ1) is 33.1. The zero-order chi connectivity index (χ0) is 30.1. The average Bonchev–Trinajstić information content (AvgIpc) is 2.96. The Morgan fingerprint density at radius 3 is 2.63 bits per heavy atom.